The Kier molecular flexibility index (Phi) is 2.64. The molecule has 1 aromatic carbocycles. The van der Waals surface area contributed by atoms with Gasteiger partial charge in [-0.2, -0.15) is 5.26 Å². The minimum Gasteiger partial charge on any atom is -0.373 e. The second-order valence-corrected chi connectivity index (χ2v) is 5.54. The number of halogens is 1. The molecule has 0 aromatic heterocycles. The van der Waals surface area contributed by atoms with Crippen molar-refractivity contribution in [1.29, 1.82) is 5.26 Å². The molecule has 18 heavy (non-hydrogen) atoms. The van der Waals surface area contributed by atoms with Crippen molar-refractivity contribution in [2.45, 2.75) is 44.8 Å². The van der Waals surface area contributed by atoms with Gasteiger partial charge < -0.3 is 4.74 Å². The zero-order valence-corrected chi connectivity index (χ0v) is 10.4. The molecule has 3 atom stereocenters. The van der Waals surface area contributed by atoms with Gasteiger partial charge in [0.25, 0.3) is 0 Å². The average molecular weight is 245 g/mol. The summed E-state index contributed by atoms with van der Waals surface area (Å²) in [5.74, 6) is -0.216. The van der Waals surface area contributed by atoms with E-state index >= 15 is 0 Å². The Hall–Kier alpha value is -1.40. The summed E-state index contributed by atoms with van der Waals surface area (Å²) in [6.07, 6.45) is 3.89. The van der Waals surface area contributed by atoms with Crippen molar-refractivity contribution in [1.82, 2.24) is 0 Å². The summed E-state index contributed by atoms with van der Waals surface area (Å²) < 4.78 is 18.9. The van der Waals surface area contributed by atoms with Crippen molar-refractivity contribution in [3.63, 3.8) is 0 Å². The minimum absolute atomic E-state index is 0.0666. The van der Waals surface area contributed by atoms with Crippen LogP contribution in [0.5, 0.6) is 0 Å². The van der Waals surface area contributed by atoms with Gasteiger partial charge in [-0.15, -0.1) is 0 Å². The maximum Gasteiger partial charge on any atom is 0.123 e. The van der Waals surface area contributed by atoms with E-state index in [9.17, 15) is 9.65 Å². The highest BCUT2D eigenvalue weighted by Gasteiger charge is 2.52. The predicted octanol–water partition coefficient (Wildman–Crippen LogP) is 3.14. The van der Waals surface area contributed by atoms with Gasteiger partial charge in [-0.1, -0.05) is 6.07 Å². The van der Waals surface area contributed by atoms with Crippen LogP contribution in [0.2, 0.25) is 0 Å². The molecule has 2 saturated heterocycles. The largest absolute Gasteiger partial charge is 0.373 e. The molecule has 94 valence electrons. The minimum atomic E-state index is -0.397. The zero-order valence-electron chi connectivity index (χ0n) is 10.4. The Morgan fingerprint density at radius 2 is 2.33 bits per heavy atom. The fraction of sp³-hybridized carbons (Fsp3) is 0.533. The Morgan fingerprint density at radius 3 is 2.89 bits per heavy atom. The summed E-state index contributed by atoms with van der Waals surface area (Å²) in [5, 5.41) is 9.54. The molecule has 2 aliphatic heterocycles. The maximum atomic E-state index is 13.1. The van der Waals surface area contributed by atoms with E-state index in [-0.39, 0.29) is 18.0 Å². The third-order valence-corrected chi connectivity index (χ3v) is 4.35. The average Bonchev–Trinajstić information content (AvgIpc) is 2.93. The van der Waals surface area contributed by atoms with E-state index in [1.807, 2.05) is 6.92 Å². The standard InChI is InChI=1S/C15H16FNO/c1-10-6-12(16)3-2-11(10)7-15(9-17)8-13-4-5-14(15)18-13/h2-3,6,13-14H,4-5,7-8H2,1H3. The van der Waals surface area contributed by atoms with E-state index in [0.717, 1.165) is 30.4 Å². The molecule has 0 spiro atoms. The van der Waals surface area contributed by atoms with Crippen LogP contribution in [0.4, 0.5) is 4.39 Å². The zero-order chi connectivity index (χ0) is 12.8. The van der Waals surface area contributed by atoms with Crippen molar-refractivity contribution in [3.05, 3.63) is 35.1 Å². The van der Waals surface area contributed by atoms with Gasteiger partial charge in [0.05, 0.1) is 23.7 Å². The van der Waals surface area contributed by atoms with E-state index in [4.69, 9.17) is 4.74 Å². The summed E-state index contributed by atoms with van der Waals surface area (Å²) in [6.45, 7) is 1.90. The van der Waals surface area contributed by atoms with Crippen molar-refractivity contribution in [2.24, 2.45) is 5.41 Å². The highest BCUT2D eigenvalue weighted by atomic mass is 19.1. The van der Waals surface area contributed by atoms with Crippen LogP contribution in [-0.2, 0) is 11.2 Å². The topological polar surface area (TPSA) is 33.0 Å². The number of aryl methyl sites for hydroxylation is 1. The lowest BCUT2D eigenvalue weighted by atomic mass is 9.71. The first-order valence-electron chi connectivity index (χ1n) is 6.45. The lowest BCUT2D eigenvalue weighted by molar-refractivity contribution is 0.0787. The second-order valence-electron chi connectivity index (χ2n) is 5.54. The molecule has 2 aliphatic rings. The number of rotatable bonds is 2. The number of nitriles is 1. The van der Waals surface area contributed by atoms with Gasteiger partial charge in [-0.05, 0) is 55.9 Å². The fourth-order valence-electron chi connectivity index (χ4n) is 3.34. The van der Waals surface area contributed by atoms with Gasteiger partial charge in [-0.25, -0.2) is 4.39 Å². The molecule has 0 N–H and O–H groups in total. The van der Waals surface area contributed by atoms with Crippen molar-refractivity contribution in [3.8, 4) is 6.07 Å². The summed E-state index contributed by atoms with van der Waals surface area (Å²) in [7, 11) is 0. The van der Waals surface area contributed by atoms with Crippen LogP contribution in [0, 0.1) is 29.5 Å². The summed E-state index contributed by atoms with van der Waals surface area (Å²) >= 11 is 0. The molecular formula is C15H16FNO. The molecule has 3 rings (SSSR count). The van der Waals surface area contributed by atoms with Crippen LogP contribution in [0.25, 0.3) is 0 Å². The molecule has 3 unspecified atom stereocenters. The van der Waals surface area contributed by atoms with E-state index in [1.54, 1.807) is 6.07 Å². The molecular weight excluding hydrogens is 229 g/mol. The van der Waals surface area contributed by atoms with Crippen molar-refractivity contribution >= 4 is 0 Å². The molecule has 0 saturated carbocycles. The molecule has 0 amide bonds. The molecule has 0 aliphatic carbocycles. The van der Waals surface area contributed by atoms with Crippen LogP contribution in [0.3, 0.4) is 0 Å². The van der Waals surface area contributed by atoms with Gasteiger partial charge in [0, 0.05) is 0 Å². The van der Waals surface area contributed by atoms with Crippen molar-refractivity contribution in [2.75, 3.05) is 0 Å². The number of hydrogen-bond donors (Lipinski definition) is 0. The molecule has 2 bridgehead atoms. The third-order valence-electron chi connectivity index (χ3n) is 4.35. The summed E-state index contributed by atoms with van der Waals surface area (Å²) in [6, 6.07) is 7.29. The number of benzene rings is 1. The van der Waals surface area contributed by atoms with Gasteiger partial charge in [0.2, 0.25) is 0 Å². The fourth-order valence-corrected chi connectivity index (χ4v) is 3.34. The Labute approximate surface area is 106 Å². The normalized spacial score (nSPS) is 33.6. The van der Waals surface area contributed by atoms with E-state index in [0.29, 0.717) is 6.42 Å². The van der Waals surface area contributed by atoms with E-state index < -0.39 is 5.41 Å². The van der Waals surface area contributed by atoms with E-state index in [1.165, 1.54) is 12.1 Å². The molecule has 2 heterocycles. The van der Waals surface area contributed by atoms with Crippen LogP contribution in [0.1, 0.15) is 30.4 Å². The molecule has 2 nitrogen and oxygen atoms in total. The number of ether oxygens (including phenoxy) is 1. The highest BCUT2D eigenvalue weighted by Crippen LogP contribution is 2.49. The van der Waals surface area contributed by atoms with Crippen molar-refractivity contribution < 1.29 is 9.13 Å². The predicted molar refractivity (Wildman–Crippen MR) is 65.4 cm³/mol. The Balaban J connectivity index is 1.89. The van der Waals surface area contributed by atoms with Crippen LogP contribution in [0.15, 0.2) is 18.2 Å². The third kappa shape index (κ3) is 1.72. The number of nitrogens with zero attached hydrogens (tertiary/aromatic N) is 1. The Bertz CT molecular complexity index is 522. The summed E-state index contributed by atoms with van der Waals surface area (Å²) in [4.78, 5) is 0. The molecule has 1 aromatic rings. The number of fused-ring (bicyclic) bond motifs is 2. The van der Waals surface area contributed by atoms with E-state index in [2.05, 4.69) is 6.07 Å². The highest BCUT2D eigenvalue weighted by molar-refractivity contribution is 5.30. The first-order valence-corrected chi connectivity index (χ1v) is 6.45. The van der Waals surface area contributed by atoms with Gasteiger partial charge in [0.15, 0.2) is 0 Å². The van der Waals surface area contributed by atoms with Gasteiger partial charge in [-0.3, -0.25) is 0 Å². The molecule has 2 fully saturated rings. The molecule has 0 radical (unpaired) electrons. The first-order chi connectivity index (χ1) is 8.63. The maximum absolute atomic E-state index is 13.1. The lowest BCUT2D eigenvalue weighted by Gasteiger charge is -2.28. The monoisotopic (exact) mass is 245 g/mol. The smallest absolute Gasteiger partial charge is 0.123 e. The van der Waals surface area contributed by atoms with Crippen LogP contribution >= 0.6 is 0 Å². The second kappa shape index (κ2) is 4.07. The van der Waals surface area contributed by atoms with Gasteiger partial charge in [0.1, 0.15) is 5.82 Å². The first kappa shape index (κ1) is 11.7. The quantitative estimate of drug-likeness (QED) is 0.802. The van der Waals surface area contributed by atoms with Crippen LogP contribution < -0.4 is 0 Å². The van der Waals surface area contributed by atoms with Crippen LogP contribution in [-0.4, -0.2) is 12.2 Å². The SMILES string of the molecule is Cc1cc(F)ccc1CC1(C#N)CC2CCC1O2. The number of hydrogen-bond acceptors (Lipinski definition) is 2. The summed E-state index contributed by atoms with van der Waals surface area (Å²) in [5.41, 5.74) is 1.59. The van der Waals surface area contributed by atoms with Gasteiger partial charge >= 0.3 is 0 Å². The molecule has 3 heteroatoms. The lowest BCUT2D eigenvalue weighted by Crippen LogP contribution is -2.33. The Morgan fingerprint density at radius 1 is 1.50 bits per heavy atom.